The number of hydrogen-bond donors (Lipinski definition) is 0. The zero-order valence-electron chi connectivity index (χ0n) is 13.5. The van der Waals surface area contributed by atoms with E-state index < -0.39 is 0 Å². The molecule has 0 N–H and O–H groups in total. The molecule has 0 aromatic carbocycles. The summed E-state index contributed by atoms with van der Waals surface area (Å²) < 4.78 is 1.90. The van der Waals surface area contributed by atoms with Crippen molar-refractivity contribution in [2.45, 2.75) is 45.6 Å². The third kappa shape index (κ3) is 2.82. The molecule has 1 fully saturated rings. The Morgan fingerprint density at radius 2 is 2.27 bits per heavy atom. The monoisotopic (exact) mass is 317 g/mol. The summed E-state index contributed by atoms with van der Waals surface area (Å²) in [7, 11) is 1.96. The summed E-state index contributed by atoms with van der Waals surface area (Å²) in [5, 5.41) is 6.53. The highest BCUT2D eigenvalue weighted by atomic mass is 32.1. The fourth-order valence-corrected chi connectivity index (χ4v) is 4.27. The Morgan fingerprint density at radius 1 is 1.45 bits per heavy atom. The summed E-state index contributed by atoms with van der Waals surface area (Å²) in [4.78, 5) is 16.1. The minimum atomic E-state index is 0.276. The van der Waals surface area contributed by atoms with E-state index in [4.69, 9.17) is 0 Å². The summed E-state index contributed by atoms with van der Waals surface area (Å²) >= 11 is 1.76. The average Bonchev–Trinajstić information content (AvgIpc) is 3.20. The van der Waals surface area contributed by atoms with Gasteiger partial charge in [-0.05, 0) is 50.1 Å². The van der Waals surface area contributed by atoms with E-state index in [1.54, 1.807) is 11.3 Å². The van der Waals surface area contributed by atoms with Gasteiger partial charge in [-0.25, -0.2) is 0 Å². The molecular formula is C17H23N3OS. The molecule has 118 valence electrons. The first kappa shape index (κ1) is 15.3. The molecule has 4 nitrogen and oxygen atoms in total. The van der Waals surface area contributed by atoms with Crippen LogP contribution < -0.4 is 0 Å². The highest BCUT2D eigenvalue weighted by Crippen LogP contribution is 2.35. The molecule has 1 aliphatic rings. The molecule has 1 amide bonds. The van der Waals surface area contributed by atoms with Crippen LogP contribution in [0, 0.1) is 13.8 Å². The minimum absolute atomic E-state index is 0.276. The van der Waals surface area contributed by atoms with Crippen LogP contribution in [0.25, 0.3) is 0 Å². The summed E-state index contributed by atoms with van der Waals surface area (Å²) in [6, 6.07) is 4.52. The molecule has 0 bridgehead atoms. The van der Waals surface area contributed by atoms with Gasteiger partial charge in [-0.1, -0.05) is 6.07 Å². The minimum Gasteiger partial charge on any atom is -0.335 e. The van der Waals surface area contributed by atoms with Gasteiger partial charge in [0.15, 0.2) is 0 Å². The van der Waals surface area contributed by atoms with Crippen molar-refractivity contribution >= 4 is 17.2 Å². The van der Waals surface area contributed by atoms with Gasteiger partial charge >= 0.3 is 0 Å². The number of thiophene rings is 1. The molecule has 5 heteroatoms. The molecule has 0 aliphatic carbocycles. The Kier molecular flexibility index (Phi) is 4.34. The Hall–Kier alpha value is -1.62. The first-order valence-corrected chi connectivity index (χ1v) is 8.78. The molecule has 3 rings (SSSR count). The maximum absolute atomic E-state index is 12.7. The first-order valence-electron chi connectivity index (χ1n) is 7.90. The van der Waals surface area contributed by atoms with Gasteiger partial charge in [0.25, 0.3) is 0 Å². The number of carbonyl (C=O) groups excluding carboxylic acids is 1. The number of aryl methyl sites for hydroxylation is 2. The zero-order chi connectivity index (χ0) is 15.7. The van der Waals surface area contributed by atoms with Crippen LogP contribution in [0.15, 0.2) is 17.5 Å². The van der Waals surface area contributed by atoms with Crippen LogP contribution in [0.4, 0.5) is 0 Å². The van der Waals surface area contributed by atoms with Crippen molar-refractivity contribution in [3.05, 3.63) is 39.3 Å². The Labute approximate surface area is 135 Å². The highest BCUT2D eigenvalue weighted by Gasteiger charge is 2.30. The maximum Gasteiger partial charge on any atom is 0.223 e. The number of carbonyl (C=O) groups is 1. The van der Waals surface area contributed by atoms with E-state index in [-0.39, 0.29) is 5.91 Å². The molecule has 1 saturated heterocycles. The van der Waals surface area contributed by atoms with Crippen LogP contribution in [0.1, 0.15) is 47.1 Å². The molecule has 2 aromatic rings. The molecule has 2 aromatic heterocycles. The van der Waals surface area contributed by atoms with Crippen LogP contribution >= 0.6 is 11.3 Å². The van der Waals surface area contributed by atoms with Gasteiger partial charge in [-0.3, -0.25) is 9.48 Å². The van der Waals surface area contributed by atoms with Crippen LogP contribution in [0.3, 0.4) is 0 Å². The third-order valence-corrected chi connectivity index (χ3v) is 5.67. The van der Waals surface area contributed by atoms with Crippen molar-refractivity contribution in [3.63, 3.8) is 0 Å². The molecule has 0 saturated carbocycles. The van der Waals surface area contributed by atoms with E-state index in [0.29, 0.717) is 12.5 Å². The van der Waals surface area contributed by atoms with Crippen molar-refractivity contribution in [3.8, 4) is 0 Å². The predicted octanol–water partition coefficient (Wildman–Crippen LogP) is 3.39. The summed E-state index contributed by atoms with van der Waals surface area (Å²) in [6.07, 6.45) is 3.57. The van der Waals surface area contributed by atoms with Crippen molar-refractivity contribution in [1.82, 2.24) is 14.7 Å². The lowest BCUT2D eigenvalue weighted by atomic mass is 10.1. The first-order chi connectivity index (χ1) is 10.6. The second-order valence-electron chi connectivity index (χ2n) is 6.03. The number of likely N-dealkylation sites (tertiary alicyclic amines) is 1. The number of hydrogen-bond acceptors (Lipinski definition) is 3. The number of amides is 1. The van der Waals surface area contributed by atoms with Crippen LogP contribution in [0.5, 0.6) is 0 Å². The normalized spacial score (nSPS) is 18.1. The van der Waals surface area contributed by atoms with Crippen molar-refractivity contribution < 1.29 is 4.79 Å². The van der Waals surface area contributed by atoms with Crippen LogP contribution in [-0.4, -0.2) is 27.1 Å². The lowest BCUT2D eigenvalue weighted by Gasteiger charge is -2.24. The van der Waals surface area contributed by atoms with Crippen molar-refractivity contribution in [2.75, 3.05) is 6.54 Å². The number of aromatic nitrogens is 2. The molecule has 0 radical (unpaired) electrons. The SMILES string of the molecule is Cc1nn(C)c(C)c1CCC(=O)N1CCC[C@@H]1c1cccs1. The molecular weight excluding hydrogens is 294 g/mol. The Morgan fingerprint density at radius 3 is 2.91 bits per heavy atom. The van der Waals surface area contributed by atoms with Crippen molar-refractivity contribution in [2.24, 2.45) is 7.05 Å². The number of rotatable bonds is 4. The molecule has 22 heavy (non-hydrogen) atoms. The van der Waals surface area contributed by atoms with E-state index in [1.807, 2.05) is 18.7 Å². The second kappa shape index (κ2) is 6.24. The van der Waals surface area contributed by atoms with Gasteiger partial charge in [-0.2, -0.15) is 5.10 Å². The average molecular weight is 317 g/mol. The lowest BCUT2D eigenvalue weighted by molar-refractivity contribution is -0.132. The smallest absolute Gasteiger partial charge is 0.223 e. The quantitative estimate of drug-likeness (QED) is 0.867. The van der Waals surface area contributed by atoms with Gasteiger partial charge in [0.2, 0.25) is 5.91 Å². The predicted molar refractivity (Wildman–Crippen MR) is 89.0 cm³/mol. The van der Waals surface area contributed by atoms with Crippen LogP contribution in [0.2, 0.25) is 0 Å². The van der Waals surface area contributed by atoms with E-state index in [0.717, 1.165) is 31.5 Å². The Balaban J connectivity index is 1.67. The topological polar surface area (TPSA) is 38.1 Å². The fraction of sp³-hybridized carbons (Fsp3) is 0.529. The Bertz CT molecular complexity index is 660. The summed E-state index contributed by atoms with van der Waals surface area (Å²) in [5.74, 6) is 0.276. The van der Waals surface area contributed by atoms with Crippen molar-refractivity contribution in [1.29, 1.82) is 0 Å². The van der Waals surface area contributed by atoms with Gasteiger partial charge in [0.1, 0.15) is 0 Å². The van der Waals surface area contributed by atoms with Gasteiger partial charge < -0.3 is 4.90 Å². The van der Waals surface area contributed by atoms with Gasteiger partial charge in [-0.15, -0.1) is 11.3 Å². The standard InChI is InChI=1S/C17H23N3OS/c1-12-14(13(2)19(3)18-12)8-9-17(21)20-10-4-6-15(20)16-7-5-11-22-16/h5,7,11,15H,4,6,8-10H2,1-3H3/t15-/m1/s1. The number of nitrogens with zero attached hydrogens (tertiary/aromatic N) is 3. The van der Waals surface area contributed by atoms with Gasteiger partial charge in [0, 0.05) is 30.6 Å². The maximum atomic E-state index is 12.7. The van der Waals surface area contributed by atoms with Crippen LogP contribution in [-0.2, 0) is 18.3 Å². The molecule has 0 spiro atoms. The zero-order valence-corrected chi connectivity index (χ0v) is 14.3. The van der Waals surface area contributed by atoms with E-state index in [2.05, 4.69) is 34.4 Å². The highest BCUT2D eigenvalue weighted by molar-refractivity contribution is 7.10. The van der Waals surface area contributed by atoms with E-state index >= 15 is 0 Å². The van der Waals surface area contributed by atoms with E-state index in [9.17, 15) is 4.79 Å². The molecule has 1 atom stereocenters. The van der Waals surface area contributed by atoms with E-state index in [1.165, 1.54) is 16.1 Å². The largest absolute Gasteiger partial charge is 0.335 e. The summed E-state index contributed by atoms with van der Waals surface area (Å²) in [6.45, 7) is 4.99. The third-order valence-electron chi connectivity index (χ3n) is 4.69. The lowest BCUT2D eigenvalue weighted by Crippen LogP contribution is -2.30. The molecule has 3 heterocycles. The summed E-state index contributed by atoms with van der Waals surface area (Å²) in [5.41, 5.74) is 3.44. The fourth-order valence-electron chi connectivity index (χ4n) is 3.40. The molecule has 1 aliphatic heterocycles. The second-order valence-corrected chi connectivity index (χ2v) is 7.01. The van der Waals surface area contributed by atoms with Gasteiger partial charge in [0.05, 0.1) is 11.7 Å². The molecule has 0 unspecified atom stereocenters.